The molecule has 2 aromatic carbocycles. The van der Waals surface area contributed by atoms with Crippen LogP contribution in [0, 0.1) is 5.82 Å². The van der Waals surface area contributed by atoms with Crippen LogP contribution >= 0.6 is 11.6 Å². The normalized spacial score (nSPS) is 15.5. The van der Waals surface area contributed by atoms with Crippen molar-refractivity contribution in [1.29, 1.82) is 0 Å². The molecule has 1 fully saturated rings. The highest BCUT2D eigenvalue weighted by Crippen LogP contribution is 2.26. The molecule has 1 saturated heterocycles. The molecule has 27 heavy (non-hydrogen) atoms. The number of halogens is 2. The Hall–Kier alpha value is -2.00. The number of ether oxygens (including phenoxy) is 1. The third kappa shape index (κ3) is 4.65. The van der Waals surface area contributed by atoms with Crippen molar-refractivity contribution >= 4 is 27.5 Å². The Kier molecular flexibility index (Phi) is 6.11. The summed E-state index contributed by atoms with van der Waals surface area (Å²) < 4.78 is 45.0. The van der Waals surface area contributed by atoms with Crippen LogP contribution < -0.4 is 5.32 Å². The zero-order chi connectivity index (χ0) is 19.4. The van der Waals surface area contributed by atoms with Gasteiger partial charge in [0.1, 0.15) is 10.7 Å². The van der Waals surface area contributed by atoms with Crippen molar-refractivity contribution in [2.45, 2.75) is 11.4 Å². The van der Waals surface area contributed by atoms with Gasteiger partial charge >= 0.3 is 0 Å². The van der Waals surface area contributed by atoms with Crippen molar-refractivity contribution in [1.82, 2.24) is 9.62 Å². The van der Waals surface area contributed by atoms with Crippen molar-refractivity contribution in [3.05, 3.63) is 64.4 Å². The third-order valence-electron chi connectivity index (χ3n) is 4.15. The van der Waals surface area contributed by atoms with E-state index in [9.17, 15) is 17.6 Å². The molecule has 1 aliphatic heterocycles. The molecule has 3 rings (SSSR count). The Labute approximate surface area is 161 Å². The number of rotatable bonds is 5. The molecule has 0 aliphatic carbocycles. The monoisotopic (exact) mass is 412 g/mol. The topological polar surface area (TPSA) is 75.7 Å². The molecule has 0 radical (unpaired) electrons. The first kappa shape index (κ1) is 19.8. The zero-order valence-corrected chi connectivity index (χ0v) is 15.9. The summed E-state index contributed by atoms with van der Waals surface area (Å²) in [5.41, 5.74) is 0.897. The molecule has 1 N–H and O–H groups in total. The minimum Gasteiger partial charge on any atom is -0.379 e. The number of carbonyl (C=O) groups is 1. The van der Waals surface area contributed by atoms with Gasteiger partial charge in [-0.25, -0.2) is 12.8 Å². The van der Waals surface area contributed by atoms with Gasteiger partial charge in [-0.3, -0.25) is 4.79 Å². The van der Waals surface area contributed by atoms with Crippen molar-refractivity contribution < 1.29 is 22.3 Å². The van der Waals surface area contributed by atoms with E-state index in [1.165, 1.54) is 34.6 Å². The van der Waals surface area contributed by atoms with Crippen molar-refractivity contribution in [2.24, 2.45) is 0 Å². The van der Waals surface area contributed by atoms with E-state index in [-0.39, 0.29) is 40.9 Å². The highest BCUT2D eigenvalue weighted by atomic mass is 35.5. The van der Waals surface area contributed by atoms with Crippen LogP contribution in [0.15, 0.2) is 47.4 Å². The molecule has 0 atom stereocenters. The van der Waals surface area contributed by atoms with Crippen LogP contribution in [0.5, 0.6) is 0 Å². The Balaban J connectivity index is 1.77. The number of morpholine rings is 1. The molecule has 0 saturated carbocycles. The molecule has 1 aliphatic rings. The zero-order valence-electron chi connectivity index (χ0n) is 14.3. The Bertz CT molecular complexity index is 929. The second kappa shape index (κ2) is 8.35. The molecular formula is C18H18ClFN2O4S. The maximum Gasteiger partial charge on any atom is 0.251 e. The number of sulfonamides is 1. The fourth-order valence-corrected chi connectivity index (χ4v) is 4.56. The van der Waals surface area contributed by atoms with E-state index in [1.54, 1.807) is 12.1 Å². The molecule has 0 unspecified atom stereocenters. The predicted octanol–water partition coefficient (Wildman–Crippen LogP) is 2.43. The van der Waals surface area contributed by atoms with Gasteiger partial charge in [0.2, 0.25) is 10.0 Å². The van der Waals surface area contributed by atoms with Crippen molar-refractivity contribution in [3.63, 3.8) is 0 Å². The van der Waals surface area contributed by atoms with Crippen molar-refractivity contribution in [2.75, 3.05) is 26.3 Å². The van der Waals surface area contributed by atoms with Crippen LogP contribution in [0.1, 0.15) is 15.9 Å². The minimum absolute atomic E-state index is 0.0524. The van der Waals surface area contributed by atoms with Crippen LogP contribution in [0.25, 0.3) is 0 Å². The van der Waals surface area contributed by atoms with E-state index in [0.717, 1.165) is 5.56 Å². The lowest BCUT2D eigenvalue weighted by Crippen LogP contribution is -2.40. The fraction of sp³-hybridized carbons (Fsp3) is 0.278. The number of hydrogen-bond acceptors (Lipinski definition) is 4. The minimum atomic E-state index is -3.82. The Morgan fingerprint density at radius 2 is 1.81 bits per heavy atom. The van der Waals surface area contributed by atoms with Gasteiger partial charge in [0.05, 0.1) is 18.2 Å². The summed E-state index contributed by atoms with van der Waals surface area (Å²) in [7, 11) is -3.82. The average Bonchev–Trinajstić information content (AvgIpc) is 2.68. The molecule has 0 bridgehead atoms. The molecule has 144 valence electrons. The van der Waals surface area contributed by atoms with Crippen LogP contribution in [0.3, 0.4) is 0 Å². The van der Waals surface area contributed by atoms with Gasteiger partial charge in [0.25, 0.3) is 5.91 Å². The van der Waals surface area contributed by atoms with Crippen molar-refractivity contribution in [3.8, 4) is 0 Å². The van der Waals surface area contributed by atoms with Gasteiger partial charge in [-0.15, -0.1) is 0 Å². The first-order valence-electron chi connectivity index (χ1n) is 8.28. The Morgan fingerprint density at radius 1 is 1.15 bits per heavy atom. The molecule has 9 heteroatoms. The van der Waals surface area contributed by atoms with E-state index in [0.29, 0.717) is 13.2 Å². The quantitative estimate of drug-likeness (QED) is 0.818. The van der Waals surface area contributed by atoms with Crippen LogP contribution in [-0.4, -0.2) is 44.9 Å². The van der Waals surface area contributed by atoms with Gasteiger partial charge in [-0.2, -0.15) is 4.31 Å². The van der Waals surface area contributed by atoms with Gasteiger partial charge in [0.15, 0.2) is 0 Å². The smallest absolute Gasteiger partial charge is 0.251 e. The van der Waals surface area contributed by atoms with E-state index in [4.69, 9.17) is 16.3 Å². The number of benzene rings is 2. The van der Waals surface area contributed by atoms with Crippen LogP contribution in [0.2, 0.25) is 5.02 Å². The first-order chi connectivity index (χ1) is 12.9. The Morgan fingerprint density at radius 3 is 2.48 bits per heavy atom. The van der Waals surface area contributed by atoms with Gasteiger partial charge in [-0.1, -0.05) is 23.7 Å². The maximum absolute atomic E-state index is 12.9. The average molecular weight is 413 g/mol. The van der Waals surface area contributed by atoms with E-state index < -0.39 is 15.9 Å². The number of nitrogens with one attached hydrogen (secondary N) is 1. The summed E-state index contributed by atoms with van der Waals surface area (Å²) in [5.74, 6) is -0.810. The number of amides is 1. The lowest BCUT2D eigenvalue weighted by molar-refractivity contribution is 0.0730. The highest BCUT2D eigenvalue weighted by Gasteiger charge is 2.29. The van der Waals surface area contributed by atoms with Crippen LogP contribution in [0.4, 0.5) is 4.39 Å². The highest BCUT2D eigenvalue weighted by molar-refractivity contribution is 7.89. The second-order valence-electron chi connectivity index (χ2n) is 5.97. The largest absolute Gasteiger partial charge is 0.379 e. The lowest BCUT2D eigenvalue weighted by atomic mass is 10.2. The molecule has 1 amide bonds. The number of carbonyl (C=O) groups excluding carboxylic acids is 1. The summed E-state index contributed by atoms with van der Waals surface area (Å²) in [6.45, 7) is 1.29. The lowest BCUT2D eigenvalue weighted by Gasteiger charge is -2.26. The summed E-state index contributed by atoms with van der Waals surface area (Å²) in [4.78, 5) is 12.3. The maximum atomic E-state index is 12.9. The van der Waals surface area contributed by atoms with Gasteiger partial charge < -0.3 is 10.1 Å². The van der Waals surface area contributed by atoms with Crippen LogP contribution in [-0.2, 0) is 21.3 Å². The summed E-state index contributed by atoms with van der Waals surface area (Å²) in [6, 6.07) is 9.85. The summed E-state index contributed by atoms with van der Waals surface area (Å²) >= 11 is 6.09. The first-order valence-corrected chi connectivity index (χ1v) is 10.1. The fourth-order valence-electron chi connectivity index (χ4n) is 2.65. The second-order valence-corrected chi connectivity index (χ2v) is 8.28. The molecule has 1 heterocycles. The molecule has 0 aromatic heterocycles. The molecular weight excluding hydrogens is 395 g/mol. The predicted molar refractivity (Wildman–Crippen MR) is 98.6 cm³/mol. The van der Waals surface area contributed by atoms with E-state index in [2.05, 4.69) is 5.32 Å². The van der Waals surface area contributed by atoms with Gasteiger partial charge in [0, 0.05) is 25.2 Å². The molecule has 0 spiro atoms. The van der Waals surface area contributed by atoms with E-state index in [1.807, 2.05) is 0 Å². The number of nitrogens with zero attached hydrogens (tertiary/aromatic N) is 1. The van der Waals surface area contributed by atoms with E-state index >= 15 is 0 Å². The summed E-state index contributed by atoms with van der Waals surface area (Å²) in [6.07, 6.45) is 0. The standard InChI is InChI=1S/C18H18ClFN2O4S/c19-16-6-3-14(18(23)21-12-13-1-4-15(20)5-2-13)11-17(16)27(24,25)22-7-9-26-10-8-22/h1-6,11H,7-10,12H2,(H,21,23). The third-order valence-corrected chi connectivity index (χ3v) is 6.53. The van der Waals surface area contributed by atoms with Gasteiger partial charge in [-0.05, 0) is 35.9 Å². The molecule has 2 aromatic rings. The SMILES string of the molecule is O=C(NCc1ccc(F)cc1)c1ccc(Cl)c(S(=O)(=O)N2CCOCC2)c1. The summed E-state index contributed by atoms with van der Waals surface area (Å²) in [5, 5.41) is 2.73. The molecule has 6 nitrogen and oxygen atoms in total. The number of hydrogen-bond donors (Lipinski definition) is 1.